The van der Waals surface area contributed by atoms with Gasteiger partial charge in [-0.2, -0.15) is 4.98 Å². The van der Waals surface area contributed by atoms with Crippen LogP contribution in [0.2, 0.25) is 0 Å². The molecule has 1 aromatic heterocycles. The van der Waals surface area contributed by atoms with Crippen molar-refractivity contribution in [1.82, 2.24) is 10.1 Å². The maximum Gasteiger partial charge on any atom is 0.227 e. The second-order valence-electron chi connectivity index (χ2n) is 5.64. The highest BCUT2D eigenvalue weighted by Crippen LogP contribution is 2.29. The van der Waals surface area contributed by atoms with Crippen LogP contribution in [0, 0.1) is 0 Å². The summed E-state index contributed by atoms with van der Waals surface area (Å²) in [5, 5.41) is 6.77. The highest BCUT2D eigenvalue weighted by atomic mass is 79.9. The van der Waals surface area contributed by atoms with Crippen molar-refractivity contribution < 1.29 is 18.8 Å². The van der Waals surface area contributed by atoms with Crippen molar-refractivity contribution in [3.8, 4) is 22.9 Å². The van der Waals surface area contributed by atoms with Gasteiger partial charge in [-0.1, -0.05) is 21.1 Å². The Morgan fingerprint density at radius 1 is 1.11 bits per heavy atom. The summed E-state index contributed by atoms with van der Waals surface area (Å²) in [5.74, 6) is 1.90. The van der Waals surface area contributed by atoms with Crippen LogP contribution in [0.3, 0.4) is 0 Å². The first-order valence-electron chi connectivity index (χ1n) is 8.19. The smallest absolute Gasteiger partial charge is 0.227 e. The lowest BCUT2D eigenvalue weighted by Crippen LogP contribution is -2.12. The van der Waals surface area contributed by atoms with E-state index in [1.54, 1.807) is 32.4 Å². The third kappa shape index (κ3) is 4.85. The Hall–Kier alpha value is -2.87. The van der Waals surface area contributed by atoms with Gasteiger partial charge in [0.25, 0.3) is 0 Å². The number of carbonyl (C=O) groups excluding carboxylic acids is 1. The lowest BCUT2D eigenvalue weighted by Gasteiger charge is -2.10. The molecule has 7 nitrogen and oxygen atoms in total. The minimum absolute atomic E-state index is 0.161. The number of hydrogen-bond donors (Lipinski definition) is 1. The van der Waals surface area contributed by atoms with E-state index in [4.69, 9.17) is 14.0 Å². The lowest BCUT2D eigenvalue weighted by atomic mass is 10.2. The van der Waals surface area contributed by atoms with Gasteiger partial charge in [0, 0.05) is 34.6 Å². The molecule has 0 spiro atoms. The van der Waals surface area contributed by atoms with Crippen molar-refractivity contribution >= 4 is 27.5 Å². The van der Waals surface area contributed by atoms with E-state index in [0.717, 1.165) is 10.0 Å². The number of ether oxygens (including phenoxy) is 2. The quantitative estimate of drug-likeness (QED) is 0.606. The van der Waals surface area contributed by atoms with Crippen LogP contribution in [0.15, 0.2) is 51.5 Å². The van der Waals surface area contributed by atoms with Crippen molar-refractivity contribution in [2.24, 2.45) is 0 Å². The van der Waals surface area contributed by atoms with Crippen LogP contribution in [0.4, 0.5) is 5.69 Å². The summed E-state index contributed by atoms with van der Waals surface area (Å²) < 4.78 is 16.6. The lowest BCUT2D eigenvalue weighted by molar-refractivity contribution is -0.116. The third-order valence-electron chi connectivity index (χ3n) is 3.80. The Morgan fingerprint density at radius 2 is 1.85 bits per heavy atom. The zero-order valence-electron chi connectivity index (χ0n) is 14.9. The normalized spacial score (nSPS) is 10.5. The number of benzene rings is 2. The number of anilines is 1. The van der Waals surface area contributed by atoms with Crippen LogP contribution in [-0.4, -0.2) is 30.3 Å². The molecular formula is C19H18BrN3O4. The van der Waals surface area contributed by atoms with Gasteiger partial charge in [0.15, 0.2) is 11.5 Å². The Kier molecular flexibility index (Phi) is 6.08. The van der Waals surface area contributed by atoms with Crippen LogP contribution in [-0.2, 0) is 11.2 Å². The first-order valence-corrected chi connectivity index (χ1v) is 8.98. The number of aryl methyl sites for hydroxylation is 1. The Bertz CT molecular complexity index is 925. The van der Waals surface area contributed by atoms with Crippen LogP contribution >= 0.6 is 15.9 Å². The van der Waals surface area contributed by atoms with Crippen molar-refractivity contribution in [2.75, 3.05) is 19.5 Å². The minimum atomic E-state index is -0.161. The Labute approximate surface area is 164 Å². The molecule has 1 N–H and O–H groups in total. The SMILES string of the molecule is COc1ccc(NC(=O)CCc2nc(-c3ccc(Br)cc3)no2)cc1OC. The van der Waals surface area contributed by atoms with Gasteiger partial charge in [0.1, 0.15) is 0 Å². The average molecular weight is 432 g/mol. The average Bonchev–Trinajstić information content (AvgIpc) is 3.16. The van der Waals surface area contributed by atoms with Gasteiger partial charge in [-0.05, 0) is 36.4 Å². The topological polar surface area (TPSA) is 86.5 Å². The number of nitrogens with one attached hydrogen (secondary N) is 1. The van der Waals surface area contributed by atoms with Gasteiger partial charge in [-0.25, -0.2) is 0 Å². The zero-order chi connectivity index (χ0) is 19.2. The van der Waals surface area contributed by atoms with E-state index >= 15 is 0 Å². The fraction of sp³-hybridized carbons (Fsp3) is 0.211. The van der Waals surface area contributed by atoms with Gasteiger partial charge in [-0.3, -0.25) is 4.79 Å². The summed E-state index contributed by atoms with van der Waals surface area (Å²) in [7, 11) is 3.10. The maximum absolute atomic E-state index is 12.2. The molecule has 2 aromatic carbocycles. The number of rotatable bonds is 7. The summed E-state index contributed by atoms with van der Waals surface area (Å²) in [6, 6.07) is 12.8. The Morgan fingerprint density at radius 3 is 2.56 bits per heavy atom. The molecule has 27 heavy (non-hydrogen) atoms. The number of halogens is 1. The second-order valence-corrected chi connectivity index (χ2v) is 6.55. The summed E-state index contributed by atoms with van der Waals surface area (Å²) in [4.78, 5) is 16.5. The van der Waals surface area contributed by atoms with Gasteiger partial charge >= 0.3 is 0 Å². The van der Waals surface area contributed by atoms with Gasteiger partial charge in [-0.15, -0.1) is 0 Å². The fourth-order valence-electron chi connectivity index (χ4n) is 2.43. The number of carbonyl (C=O) groups is 1. The van der Waals surface area contributed by atoms with E-state index in [2.05, 4.69) is 31.4 Å². The summed E-state index contributed by atoms with van der Waals surface area (Å²) in [6.07, 6.45) is 0.568. The molecule has 0 radical (unpaired) electrons. The minimum Gasteiger partial charge on any atom is -0.493 e. The molecule has 0 saturated carbocycles. The molecular weight excluding hydrogens is 414 g/mol. The molecule has 0 aliphatic rings. The Balaban J connectivity index is 1.57. The molecule has 0 aliphatic carbocycles. The van der Waals surface area contributed by atoms with E-state index in [1.165, 1.54) is 0 Å². The molecule has 1 heterocycles. The van der Waals surface area contributed by atoms with Gasteiger partial charge < -0.3 is 19.3 Å². The molecule has 0 bridgehead atoms. The number of hydrogen-bond acceptors (Lipinski definition) is 6. The first-order chi connectivity index (χ1) is 13.1. The van der Waals surface area contributed by atoms with Crippen LogP contribution in [0.1, 0.15) is 12.3 Å². The van der Waals surface area contributed by atoms with Crippen LogP contribution in [0.5, 0.6) is 11.5 Å². The van der Waals surface area contributed by atoms with Crippen LogP contribution in [0.25, 0.3) is 11.4 Å². The molecule has 0 fully saturated rings. The number of aromatic nitrogens is 2. The maximum atomic E-state index is 12.2. The van der Waals surface area contributed by atoms with Crippen molar-refractivity contribution in [1.29, 1.82) is 0 Å². The predicted molar refractivity (Wildman–Crippen MR) is 104 cm³/mol. The molecule has 1 amide bonds. The van der Waals surface area contributed by atoms with E-state index in [1.807, 2.05) is 24.3 Å². The summed E-state index contributed by atoms with van der Waals surface area (Å²) >= 11 is 3.38. The molecule has 3 rings (SSSR count). The molecule has 0 saturated heterocycles. The monoisotopic (exact) mass is 431 g/mol. The van der Waals surface area contributed by atoms with Gasteiger partial charge in [0.2, 0.25) is 17.6 Å². The first kappa shape index (κ1) is 18.9. The molecule has 8 heteroatoms. The largest absolute Gasteiger partial charge is 0.493 e. The van der Waals surface area contributed by atoms with Crippen molar-refractivity contribution in [3.63, 3.8) is 0 Å². The standard InChI is InChI=1S/C19H18BrN3O4/c1-25-15-8-7-14(11-16(15)26-2)21-17(24)9-10-18-22-19(23-27-18)12-3-5-13(20)6-4-12/h3-8,11H,9-10H2,1-2H3,(H,21,24). The zero-order valence-corrected chi connectivity index (χ0v) is 16.4. The fourth-order valence-corrected chi connectivity index (χ4v) is 2.69. The predicted octanol–water partition coefficient (Wildman–Crippen LogP) is 4.09. The molecule has 3 aromatic rings. The number of methoxy groups -OCH3 is 2. The van der Waals surface area contributed by atoms with E-state index in [9.17, 15) is 4.79 Å². The number of amides is 1. The molecule has 0 aliphatic heterocycles. The van der Waals surface area contributed by atoms with Crippen molar-refractivity contribution in [2.45, 2.75) is 12.8 Å². The van der Waals surface area contributed by atoms with Gasteiger partial charge in [0.05, 0.1) is 14.2 Å². The van der Waals surface area contributed by atoms with E-state index in [-0.39, 0.29) is 12.3 Å². The highest BCUT2D eigenvalue weighted by Gasteiger charge is 2.12. The summed E-state index contributed by atoms with van der Waals surface area (Å²) in [6.45, 7) is 0. The number of nitrogens with zero attached hydrogens (tertiary/aromatic N) is 2. The second kappa shape index (κ2) is 8.68. The van der Waals surface area contributed by atoms with E-state index < -0.39 is 0 Å². The molecule has 0 atom stereocenters. The molecule has 0 unspecified atom stereocenters. The van der Waals surface area contributed by atoms with Crippen LogP contribution < -0.4 is 14.8 Å². The van der Waals surface area contributed by atoms with E-state index in [0.29, 0.717) is 35.3 Å². The third-order valence-corrected chi connectivity index (χ3v) is 4.33. The summed E-state index contributed by atoms with van der Waals surface area (Å²) in [5.41, 5.74) is 1.47. The highest BCUT2D eigenvalue weighted by molar-refractivity contribution is 9.10. The molecule has 140 valence electrons. The van der Waals surface area contributed by atoms with Crippen molar-refractivity contribution in [3.05, 3.63) is 52.8 Å².